The third kappa shape index (κ3) is 3.92. The highest BCUT2D eigenvalue weighted by molar-refractivity contribution is 7.14. The highest BCUT2D eigenvalue weighted by atomic mass is 32.1. The van der Waals surface area contributed by atoms with Crippen molar-refractivity contribution < 1.29 is 14.3 Å². The van der Waals surface area contributed by atoms with Crippen molar-refractivity contribution in [3.05, 3.63) is 32.8 Å². The molecule has 134 valence electrons. The summed E-state index contributed by atoms with van der Waals surface area (Å²) in [6.07, 6.45) is 5.65. The molecule has 1 aliphatic rings. The molecule has 6 nitrogen and oxygen atoms in total. The van der Waals surface area contributed by atoms with Crippen molar-refractivity contribution in [2.24, 2.45) is 7.05 Å². The first kappa shape index (κ1) is 17.7. The highest BCUT2D eigenvalue weighted by Crippen LogP contribution is 2.29. The van der Waals surface area contributed by atoms with E-state index < -0.39 is 5.97 Å². The zero-order valence-corrected chi connectivity index (χ0v) is 15.7. The van der Waals surface area contributed by atoms with Crippen molar-refractivity contribution in [2.75, 3.05) is 11.9 Å². The van der Waals surface area contributed by atoms with Crippen LogP contribution in [0.4, 0.5) is 5.69 Å². The first-order valence-corrected chi connectivity index (χ1v) is 9.36. The van der Waals surface area contributed by atoms with E-state index in [2.05, 4.69) is 10.4 Å². The lowest BCUT2D eigenvalue weighted by Crippen LogP contribution is -2.21. The smallest absolute Gasteiger partial charge is 0.348 e. The van der Waals surface area contributed by atoms with Crippen LogP contribution in [0.15, 0.2) is 6.07 Å². The number of aromatic nitrogens is 2. The number of fused-ring (bicyclic) bond motifs is 1. The fourth-order valence-corrected chi connectivity index (χ4v) is 4.25. The number of anilines is 1. The van der Waals surface area contributed by atoms with Crippen LogP contribution in [-0.2, 0) is 29.4 Å². The molecule has 1 N–H and O–H groups in total. The van der Waals surface area contributed by atoms with Gasteiger partial charge in [0.1, 0.15) is 4.88 Å². The molecule has 0 spiro atoms. The van der Waals surface area contributed by atoms with Crippen LogP contribution < -0.4 is 5.32 Å². The van der Waals surface area contributed by atoms with Crippen LogP contribution in [-0.4, -0.2) is 28.3 Å². The predicted molar refractivity (Wildman–Crippen MR) is 97.2 cm³/mol. The fraction of sp³-hybridized carbons (Fsp3) is 0.500. The summed E-state index contributed by atoms with van der Waals surface area (Å²) in [5.74, 6) is -0.779. The molecule has 0 aliphatic heterocycles. The molecule has 25 heavy (non-hydrogen) atoms. The Morgan fingerprint density at radius 3 is 2.76 bits per heavy atom. The van der Waals surface area contributed by atoms with Gasteiger partial charge < -0.3 is 10.1 Å². The Bertz CT molecular complexity index is 783. The number of carbonyl (C=O) groups is 2. The van der Waals surface area contributed by atoms with Crippen molar-refractivity contribution in [3.63, 3.8) is 0 Å². The molecule has 3 rings (SSSR count). The number of aryl methyl sites for hydroxylation is 4. The Morgan fingerprint density at radius 1 is 1.28 bits per heavy atom. The Morgan fingerprint density at radius 2 is 2.04 bits per heavy atom. The maximum Gasteiger partial charge on any atom is 0.348 e. The van der Waals surface area contributed by atoms with Crippen LogP contribution in [0.2, 0.25) is 0 Å². The number of nitrogens with zero attached hydrogens (tertiary/aromatic N) is 2. The van der Waals surface area contributed by atoms with Gasteiger partial charge in [-0.15, -0.1) is 11.3 Å². The number of ether oxygens (including phenoxy) is 1. The topological polar surface area (TPSA) is 73.2 Å². The Balaban J connectivity index is 1.58. The number of hydrogen-bond donors (Lipinski definition) is 1. The quantitative estimate of drug-likeness (QED) is 0.671. The van der Waals surface area contributed by atoms with Gasteiger partial charge in [0.15, 0.2) is 6.61 Å². The summed E-state index contributed by atoms with van der Waals surface area (Å²) >= 11 is 1.50. The molecule has 1 amide bonds. The molecule has 0 atom stereocenters. The zero-order chi connectivity index (χ0) is 18.0. The third-order valence-electron chi connectivity index (χ3n) is 4.56. The average Bonchev–Trinajstić information content (AvgIpc) is 2.99. The van der Waals surface area contributed by atoms with E-state index in [-0.39, 0.29) is 12.5 Å². The SMILES string of the molecule is Cc1nn(C)c(C)c1NC(=O)COC(=O)c1cc2c(s1)CCCCC2. The van der Waals surface area contributed by atoms with Crippen LogP contribution in [0.1, 0.15) is 50.8 Å². The van der Waals surface area contributed by atoms with E-state index in [1.54, 1.807) is 4.68 Å². The second-order valence-corrected chi connectivity index (χ2v) is 7.55. The van der Waals surface area contributed by atoms with Gasteiger partial charge in [-0.25, -0.2) is 4.79 Å². The minimum atomic E-state index is -0.423. The molecule has 0 bridgehead atoms. The molecular weight excluding hydrogens is 338 g/mol. The molecule has 0 saturated heterocycles. The van der Waals surface area contributed by atoms with Crippen molar-refractivity contribution in [3.8, 4) is 0 Å². The monoisotopic (exact) mass is 361 g/mol. The minimum absolute atomic E-state index is 0.296. The molecule has 0 unspecified atom stereocenters. The van der Waals surface area contributed by atoms with E-state index in [1.807, 2.05) is 27.0 Å². The second kappa shape index (κ2) is 7.39. The fourth-order valence-electron chi connectivity index (χ4n) is 3.10. The number of carbonyl (C=O) groups excluding carboxylic acids is 2. The van der Waals surface area contributed by atoms with Crippen molar-refractivity contribution in [1.29, 1.82) is 0 Å². The number of rotatable bonds is 4. The van der Waals surface area contributed by atoms with Crippen molar-refractivity contribution in [2.45, 2.75) is 46.0 Å². The van der Waals surface area contributed by atoms with E-state index in [9.17, 15) is 9.59 Å². The number of thiophene rings is 1. The van der Waals surface area contributed by atoms with Crippen LogP contribution in [0, 0.1) is 13.8 Å². The zero-order valence-electron chi connectivity index (χ0n) is 14.8. The summed E-state index contributed by atoms with van der Waals surface area (Å²) < 4.78 is 6.89. The van der Waals surface area contributed by atoms with Gasteiger partial charge in [0, 0.05) is 11.9 Å². The molecule has 0 aromatic carbocycles. The summed E-state index contributed by atoms with van der Waals surface area (Å²) in [5.41, 5.74) is 3.53. The summed E-state index contributed by atoms with van der Waals surface area (Å²) in [6, 6.07) is 1.93. The lowest BCUT2D eigenvalue weighted by molar-refractivity contribution is -0.119. The third-order valence-corrected chi connectivity index (χ3v) is 5.77. The highest BCUT2D eigenvalue weighted by Gasteiger charge is 2.19. The normalized spacial score (nSPS) is 13.9. The average molecular weight is 361 g/mol. The second-order valence-electron chi connectivity index (χ2n) is 6.41. The van der Waals surface area contributed by atoms with E-state index in [4.69, 9.17) is 4.74 Å². The van der Waals surface area contributed by atoms with Gasteiger partial charge in [-0.3, -0.25) is 9.48 Å². The van der Waals surface area contributed by atoms with Crippen LogP contribution in [0.25, 0.3) is 0 Å². The summed E-state index contributed by atoms with van der Waals surface area (Å²) in [7, 11) is 1.82. The molecule has 2 heterocycles. The van der Waals surface area contributed by atoms with E-state index in [1.165, 1.54) is 41.0 Å². The van der Waals surface area contributed by atoms with E-state index in [0.717, 1.165) is 24.2 Å². The van der Waals surface area contributed by atoms with E-state index in [0.29, 0.717) is 10.6 Å². The Labute approximate surface area is 151 Å². The molecule has 2 aromatic rings. The summed E-state index contributed by atoms with van der Waals surface area (Å²) in [4.78, 5) is 26.2. The molecule has 2 aromatic heterocycles. The number of hydrogen-bond acceptors (Lipinski definition) is 5. The van der Waals surface area contributed by atoms with Crippen molar-refractivity contribution >= 4 is 28.9 Å². The van der Waals surface area contributed by atoms with Gasteiger partial charge >= 0.3 is 5.97 Å². The van der Waals surface area contributed by atoms with Gasteiger partial charge in [0.05, 0.1) is 17.1 Å². The number of esters is 1. The Kier molecular flexibility index (Phi) is 5.22. The Hall–Kier alpha value is -2.15. The van der Waals surface area contributed by atoms with E-state index >= 15 is 0 Å². The molecule has 7 heteroatoms. The van der Waals surface area contributed by atoms with Gasteiger partial charge in [-0.05, 0) is 51.2 Å². The summed E-state index contributed by atoms with van der Waals surface area (Å²) in [6.45, 7) is 3.41. The van der Waals surface area contributed by atoms with Crippen LogP contribution >= 0.6 is 11.3 Å². The maximum absolute atomic E-state index is 12.2. The number of amides is 1. The first-order valence-electron chi connectivity index (χ1n) is 8.54. The van der Waals surface area contributed by atoms with Crippen LogP contribution in [0.3, 0.4) is 0 Å². The predicted octanol–water partition coefficient (Wildman–Crippen LogP) is 3.16. The molecular formula is C18H23N3O3S. The van der Waals surface area contributed by atoms with Crippen molar-refractivity contribution in [1.82, 2.24) is 9.78 Å². The van der Waals surface area contributed by atoms with Gasteiger partial charge in [0.2, 0.25) is 0 Å². The molecule has 1 aliphatic carbocycles. The molecule has 0 radical (unpaired) electrons. The first-order chi connectivity index (χ1) is 12.0. The lowest BCUT2D eigenvalue weighted by Gasteiger charge is -2.06. The van der Waals surface area contributed by atoms with Gasteiger partial charge in [0.25, 0.3) is 5.91 Å². The van der Waals surface area contributed by atoms with Gasteiger partial charge in [-0.2, -0.15) is 5.10 Å². The molecule has 0 saturated carbocycles. The lowest BCUT2D eigenvalue weighted by atomic mass is 10.1. The van der Waals surface area contributed by atoms with Crippen LogP contribution in [0.5, 0.6) is 0 Å². The largest absolute Gasteiger partial charge is 0.451 e. The molecule has 0 fully saturated rings. The van der Waals surface area contributed by atoms with Gasteiger partial charge in [-0.1, -0.05) is 6.42 Å². The minimum Gasteiger partial charge on any atom is -0.451 e. The standard InChI is InChI=1S/C18H23N3O3S/c1-11-17(12(2)21(3)20-11)19-16(22)10-24-18(23)15-9-13-7-5-4-6-8-14(13)25-15/h9H,4-8,10H2,1-3H3,(H,19,22). The number of nitrogens with one attached hydrogen (secondary N) is 1. The summed E-state index contributed by atoms with van der Waals surface area (Å²) in [5, 5.41) is 7.01. The maximum atomic E-state index is 12.2.